The van der Waals surface area contributed by atoms with Crippen LogP contribution in [0.2, 0.25) is 5.02 Å². The van der Waals surface area contributed by atoms with Gasteiger partial charge in [0, 0.05) is 17.8 Å². The molecule has 0 radical (unpaired) electrons. The number of nitrogens with zero attached hydrogens (tertiary/aromatic N) is 4. The normalized spacial score (nSPS) is 18.7. The Labute approximate surface area is 199 Å². The molecule has 34 heavy (non-hydrogen) atoms. The molecule has 1 aliphatic carbocycles. The number of anilines is 1. The summed E-state index contributed by atoms with van der Waals surface area (Å²) < 4.78 is 39.9. The topological polar surface area (TPSA) is 92.9 Å². The van der Waals surface area contributed by atoms with E-state index in [0.29, 0.717) is 17.6 Å². The Hall–Kier alpha value is -2.98. The van der Waals surface area contributed by atoms with Crippen LogP contribution < -0.4 is 5.32 Å². The minimum Gasteiger partial charge on any atom is -0.393 e. The summed E-state index contributed by atoms with van der Waals surface area (Å²) in [7, 11) is 0. The van der Waals surface area contributed by atoms with Crippen LogP contribution in [0.1, 0.15) is 64.5 Å². The molecular formula is C23H23ClF3N5O2. The number of alkyl halides is 3. The summed E-state index contributed by atoms with van der Waals surface area (Å²) in [6.07, 6.45) is 2.02. The van der Waals surface area contributed by atoms with Crippen LogP contribution in [0.3, 0.4) is 0 Å². The number of aliphatic hydroxyl groups is 1. The smallest absolute Gasteiger partial charge is 0.393 e. The molecule has 1 amide bonds. The third kappa shape index (κ3) is 4.92. The molecule has 11 heteroatoms. The fourth-order valence-electron chi connectivity index (χ4n) is 4.22. The van der Waals surface area contributed by atoms with Gasteiger partial charge in [0.25, 0.3) is 5.91 Å². The van der Waals surface area contributed by atoms with E-state index in [1.807, 2.05) is 13.0 Å². The maximum atomic E-state index is 12.9. The lowest BCUT2D eigenvalue weighted by Crippen LogP contribution is -2.19. The molecule has 3 aromatic rings. The molecule has 1 fully saturated rings. The lowest BCUT2D eigenvalue weighted by Gasteiger charge is -2.26. The van der Waals surface area contributed by atoms with Crippen LogP contribution >= 0.6 is 11.6 Å². The maximum absolute atomic E-state index is 12.9. The first-order valence-corrected chi connectivity index (χ1v) is 11.2. The second-order valence-corrected chi connectivity index (χ2v) is 8.88. The number of carbonyl (C=O) groups is 1. The van der Waals surface area contributed by atoms with Gasteiger partial charge in [0.05, 0.1) is 46.0 Å². The first-order valence-electron chi connectivity index (χ1n) is 10.8. The van der Waals surface area contributed by atoms with E-state index >= 15 is 0 Å². The van der Waals surface area contributed by atoms with Gasteiger partial charge in [-0.3, -0.25) is 9.78 Å². The molecule has 0 spiro atoms. The van der Waals surface area contributed by atoms with E-state index < -0.39 is 17.6 Å². The van der Waals surface area contributed by atoms with Crippen molar-refractivity contribution in [3.63, 3.8) is 0 Å². The summed E-state index contributed by atoms with van der Waals surface area (Å²) in [5, 5.41) is 16.4. The largest absolute Gasteiger partial charge is 0.417 e. The molecule has 3 heterocycles. The number of hydrogen-bond donors (Lipinski definition) is 2. The standard InChI is InChI=1S/C23H23ClF3N5O2/c1-12-7-16(10-28-20(12)14-3-5-17(33)6-4-14)31-22(34)18-11-30-32(13(18)2)21-19(24)8-15(9-29-21)23(25,26)27/h7-11,14,17,33H,3-6H2,1-2H3,(H,31,34). The van der Waals surface area contributed by atoms with Crippen molar-refractivity contribution in [2.24, 2.45) is 0 Å². The van der Waals surface area contributed by atoms with E-state index in [9.17, 15) is 23.1 Å². The van der Waals surface area contributed by atoms with E-state index in [2.05, 4.69) is 20.4 Å². The molecular weight excluding hydrogens is 471 g/mol. The molecule has 180 valence electrons. The van der Waals surface area contributed by atoms with Gasteiger partial charge in [-0.1, -0.05) is 11.6 Å². The molecule has 0 aromatic carbocycles. The summed E-state index contributed by atoms with van der Waals surface area (Å²) in [6, 6.07) is 2.62. The summed E-state index contributed by atoms with van der Waals surface area (Å²) in [5.74, 6) is -0.165. The second kappa shape index (κ2) is 9.34. The number of carbonyl (C=O) groups excluding carboxylic acids is 1. The summed E-state index contributed by atoms with van der Waals surface area (Å²) in [4.78, 5) is 21.2. The van der Waals surface area contributed by atoms with Gasteiger partial charge in [-0.15, -0.1) is 0 Å². The highest BCUT2D eigenvalue weighted by Gasteiger charge is 2.32. The van der Waals surface area contributed by atoms with Gasteiger partial charge in [-0.2, -0.15) is 18.3 Å². The van der Waals surface area contributed by atoms with Gasteiger partial charge < -0.3 is 10.4 Å². The van der Waals surface area contributed by atoms with E-state index in [-0.39, 0.29) is 28.4 Å². The lowest BCUT2D eigenvalue weighted by molar-refractivity contribution is -0.137. The number of nitrogens with one attached hydrogen (secondary N) is 1. The Bertz CT molecular complexity index is 1220. The van der Waals surface area contributed by atoms with Gasteiger partial charge in [0.15, 0.2) is 5.82 Å². The van der Waals surface area contributed by atoms with Crippen LogP contribution in [-0.4, -0.2) is 36.9 Å². The number of hydrogen-bond acceptors (Lipinski definition) is 5. The Morgan fingerprint density at radius 2 is 1.82 bits per heavy atom. The van der Waals surface area contributed by atoms with E-state index in [4.69, 9.17) is 11.6 Å². The minimum absolute atomic E-state index is 0.00863. The molecule has 1 aliphatic rings. The van der Waals surface area contributed by atoms with Crippen LogP contribution in [0.15, 0.2) is 30.7 Å². The zero-order chi connectivity index (χ0) is 24.6. The number of aryl methyl sites for hydroxylation is 1. The van der Waals surface area contributed by atoms with Gasteiger partial charge in [0.2, 0.25) is 0 Å². The summed E-state index contributed by atoms with van der Waals surface area (Å²) in [5.41, 5.74) is 2.05. The van der Waals surface area contributed by atoms with E-state index in [0.717, 1.165) is 43.0 Å². The third-order valence-electron chi connectivity index (χ3n) is 6.06. The molecule has 4 rings (SSSR count). The van der Waals surface area contributed by atoms with Crippen molar-refractivity contribution in [1.29, 1.82) is 0 Å². The first kappa shape index (κ1) is 24.2. The van der Waals surface area contributed by atoms with Gasteiger partial charge in [0.1, 0.15) is 0 Å². The quantitative estimate of drug-likeness (QED) is 0.519. The van der Waals surface area contributed by atoms with Crippen molar-refractivity contribution in [2.45, 2.75) is 57.7 Å². The Balaban J connectivity index is 1.51. The molecule has 0 unspecified atom stereocenters. The van der Waals surface area contributed by atoms with E-state index in [1.54, 1.807) is 13.1 Å². The average molecular weight is 494 g/mol. The Kier molecular flexibility index (Phi) is 6.64. The molecule has 0 saturated heterocycles. The highest BCUT2D eigenvalue weighted by atomic mass is 35.5. The number of aliphatic hydroxyl groups excluding tert-OH is 1. The Morgan fingerprint density at radius 3 is 2.44 bits per heavy atom. The zero-order valence-corrected chi connectivity index (χ0v) is 19.3. The fraction of sp³-hybridized carbons (Fsp3) is 0.391. The van der Waals surface area contributed by atoms with Crippen molar-refractivity contribution < 1.29 is 23.1 Å². The van der Waals surface area contributed by atoms with Crippen LogP contribution in [0, 0.1) is 13.8 Å². The van der Waals surface area contributed by atoms with Gasteiger partial charge >= 0.3 is 6.18 Å². The lowest BCUT2D eigenvalue weighted by atomic mass is 9.84. The van der Waals surface area contributed by atoms with Crippen molar-refractivity contribution in [3.8, 4) is 5.82 Å². The Morgan fingerprint density at radius 1 is 1.12 bits per heavy atom. The van der Waals surface area contributed by atoms with E-state index in [1.165, 1.54) is 10.9 Å². The van der Waals surface area contributed by atoms with Gasteiger partial charge in [-0.05, 0) is 57.2 Å². The van der Waals surface area contributed by atoms with Crippen molar-refractivity contribution in [2.75, 3.05) is 5.32 Å². The summed E-state index contributed by atoms with van der Waals surface area (Å²) in [6.45, 7) is 3.53. The highest BCUT2D eigenvalue weighted by Crippen LogP contribution is 2.34. The molecule has 0 atom stereocenters. The number of rotatable bonds is 4. The van der Waals surface area contributed by atoms with Crippen molar-refractivity contribution >= 4 is 23.2 Å². The molecule has 1 saturated carbocycles. The minimum atomic E-state index is -4.57. The predicted octanol–water partition coefficient (Wildman–Crippen LogP) is 5.22. The number of pyridine rings is 2. The van der Waals surface area contributed by atoms with Crippen molar-refractivity contribution in [3.05, 3.63) is 63.8 Å². The van der Waals surface area contributed by atoms with Crippen LogP contribution in [0.25, 0.3) is 5.82 Å². The number of amides is 1. The highest BCUT2D eigenvalue weighted by molar-refractivity contribution is 6.32. The fourth-order valence-corrected chi connectivity index (χ4v) is 4.46. The number of aromatic nitrogens is 4. The van der Waals surface area contributed by atoms with Gasteiger partial charge in [-0.25, -0.2) is 9.67 Å². The zero-order valence-electron chi connectivity index (χ0n) is 18.5. The van der Waals surface area contributed by atoms with Crippen LogP contribution in [-0.2, 0) is 6.18 Å². The SMILES string of the molecule is Cc1cc(NC(=O)c2cnn(-c3ncc(C(F)(F)F)cc3Cl)c2C)cnc1C1CCC(O)CC1. The second-order valence-electron chi connectivity index (χ2n) is 8.47. The van der Waals surface area contributed by atoms with Crippen molar-refractivity contribution in [1.82, 2.24) is 19.7 Å². The monoisotopic (exact) mass is 493 g/mol. The molecule has 0 bridgehead atoms. The third-order valence-corrected chi connectivity index (χ3v) is 6.34. The summed E-state index contributed by atoms with van der Waals surface area (Å²) >= 11 is 6.02. The molecule has 2 N–H and O–H groups in total. The maximum Gasteiger partial charge on any atom is 0.417 e. The average Bonchev–Trinajstić information content (AvgIpc) is 3.15. The molecule has 3 aromatic heterocycles. The van der Waals surface area contributed by atoms with Crippen LogP contribution in [0.5, 0.6) is 0 Å². The molecule has 0 aliphatic heterocycles. The number of halogens is 4. The van der Waals surface area contributed by atoms with Crippen LogP contribution in [0.4, 0.5) is 18.9 Å². The predicted molar refractivity (Wildman–Crippen MR) is 120 cm³/mol. The first-order chi connectivity index (χ1) is 16.0. The molecule has 7 nitrogen and oxygen atoms in total.